The summed E-state index contributed by atoms with van der Waals surface area (Å²) in [5.41, 5.74) is 1.62. The first kappa shape index (κ1) is 16.4. The maximum absolute atomic E-state index is 12.8. The summed E-state index contributed by atoms with van der Waals surface area (Å²) < 4.78 is 5.53. The molecule has 2 saturated heterocycles. The number of rotatable bonds is 4. The number of aromatic amines is 1. The van der Waals surface area contributed by atoms with Crippen LogP contribution >= 0.6 is 0 Å². The van der Waals surface area contributed by atoms with E-state index in [0.717, 1.165) is 55.9 Å². The van der Waals surface area contributed by atoms with Crippen LogP contribution < -0.4 is 10.1 Å². The fourth-order valence-electron chi connectivity index (χ4n) is 3.89. The Labute approximate surface area is 148 Å². The third kappa shape index (κ3) is 3.37. The summed E-state index contributed by atoms with van der Waals surface area (Å²) in [7, 11) is 0. The lowest BCUT2D eigenvalue weighted by atomic mass is 10.2. The highest BCUT2D eigenvalue weighted by atomic mass is 16.5. The number of nitrogens with one attached hydrogen (secondary N) is 2. The smallest absolute Gasteiger partial charge is 0.270 e. The summed E-state index contributed by atoms with van der Waals surface area (Å²) in [5.74, 6) is 0.924. The topological polar surface area (TPSA) is 60.6 Å². The van der Waals surface area contributed by atoms with E-state index in [2.05, 4.69) is 15.2 Å². The van der Waals surface area contributed by atoms with Crippen molar-refractivity contribution in [3.8, 4) is 5.75 Å². The third-order valence-corrected chi connectivity index (χ3v) is 5.29. The minimum atomic E-state index is 0.0957. The number of nitrogens with zero attached hydrogens (tertiary/aromatic N) is 2. The Bertz CT molecular complexity index is 743. The van der Waals surface area contributed by atoms with Gasteiger partial charge in [0.2, 0.25) is 0 Å². The molecule has 134 valence electrons. The fraction of sp³-hybridized carbons (Fsp3) is 0.526. The average Bonchev–Trinajstić information content (AvgIpc) is 3.31. The molecule has 0 radical (unpaired) electrons. The number of piperazine rings is 1. The van der Waals surface area contributed by atoms with Gasteiger partial charge in [-0.2, -0.15) is 0 Å². The predicted molar refractivity (Wildman–Crippen MR) is 98.2 cm³/mol. The molecule has 3 heterocycles. The molecule has 2 N–H and O–H groups in total. The van der Waals surface area contributed by atoms with Gasteiger partial charge in [-0.3, -0.25) is 9.69 Å². The Balaban J connectivity index is 1.43. The van der Waals surface area contributed by atoms with E-state index in [0.29, 0.717) is 18.3 Å². The lowest BCUT2D eigenvalue weighted by Crippen LogP contribution is -2.52. The molecule has 2 aliphatic heterocycles. The SMILES string of the molecule is CCOc1ccc2cc(C(=O)N3CCN(C4CCNC4)CC3)[nH]c2c1. The number of fused-ring (bicyclic) bond motifs is 1. The van der Waals surface area contributed by atoms with Crippen LogP contribution in [-0.2, 0) is 0 Å². The molecule has 2 fully saturated rings. The summed E-state index contributed by atoms with van der Waals surface area (Å²) >= 11 is 0. The van der Waals surface area contributed by atoms with Gasteiger partial charge in [-0.05, 0) is 38.1 Å². The lowest BCUT2D eigenvalue weighted by molar-refractivity contribution is 0.0579. The van der Waals surface area contributed by atoms with Crippen molar-refractivity contribution in [2.45, 2.75) is 19.4 Å². The molecule has 0 bridgehead atoms. The molecule has 2 aliphatic rings. The molecule has 0 aliphatic carbocycles. The maximum Gasteiger partial charge on any atom is 0.270 e. The van der Waals surface area contributed by atoms with Gasteiger partial charge in [-0.1, -0.05) is 0 Å². The standard InChI is InChI=1S/C19H26N4O2/c1-2-25-16-4-3-14-11-18(21-17(14)12-16)19(24)23-9-7-22(8-10-23)15-5-6-20-13-15/h3-4,11-12,15,20-21H,2,5-10,13H2,1H3. The van der Waals surface area contributed by atoms with Gasteiger partial charge >= 0.3 is 0 Å². The molecule has 0 spiro atoms. The zero-order chi connectivity index (χ0) is 17.2. The number of ether oxygens (including phenoxy) is 1. The van der Waals surface area contributed by atoms with E-state index in [1.54, 1.807) is 0 Å². The highest BCUT2D eigenvalue weighted by Crippen LogP contribution is 2.23. The highest BCUT2D eigenvalue weighted by molar-refractivity contribution is 5.98. The molecule has 4 rings (SSSR count). The van der Waals surface area contributed by atoms with Gasteiger partial charge < -0.3 is 19.9 Å². The zero-order valence-corrected chi connectivity index (χ0v) is 14.8. The van der Waals surface area contributed by atoms with Crippen LogP contribution in [0.1, 0.15) is 23.8 Å². The maximum atomic E-state index is 12.8. The van der Waals surface area contributed by atoms with Gasteiger partial charge in [0.25, 0.3) is 5.91 Å². The molecule has 1 aromatic heterocycles. The van der Waals surface area contributed by atoms with E-state index in [9.17, 15) is 4.79 Å². The highest BCUT2D eigenvalue weighted by Gasteiger charge is 2.28. The Morgan fingerprint density at radius 1 is 1.24 bits per heavy atom. The first-order valence-corrected chi connectivity index (χ1v) is 9.24. The number of benzene rings is 1. The van der Waals surface area contributed by atoms with E-state index < -0.39 is 0 Å². The molecule has 6 heteroatoms. The second-order valence-corrected chi connectivity index (χ2v) is 6.84. The van der Waals surface area contributed by atoms with Crippen LogP contribution in [0, 0.1) is 0 Å². The number of hydrogen-bond donors (Lipinski definition) is 2. The van der Waals surface area contributed by atoms with Gasteiger partial charge in [-0.25, -0.2) is 0 Å². The fourth-order valence-corrected chi connectivity index (χ4v) is 3.89. The van der Waals surface area contributed by atoms with E-state index in [4.69, 9.17) is 4.74 Å². The quantitative estimate of drug-likeness (QED) is 0.888. The third-order valence-electron chi connectivity index (χ3n) is 5.29. The van der Waals surface area contributed by atoms with Crippen molar-refractivity contribution in [1.29, 1.82) is 0 Å². The molecule has 1 amide bonds. The van der Waals surface area contributed by atoms with Gasteiger partial charge in [0, 0.05) is 55.7 Å². The zero-order valence-electron chi connectivity index (χ0n) is 14.8. The van der Waals surface area contributed by atoms with Crippen molar-refractivity contribution in [3.63, 3.8) is 0 Å². The second kappa shape index (κ2) is 7.06. The van der Waals surface area contributed by atoms with Crippen molar-refractivity contribution < 1.29 is 9.53 Å². The number of carbonyl (C=O) groups is 1. The molecule has 1 atom stereocenters. The number of H-pyrrole nitrogens is 1. The first-order valence-electron chi connectivity index (χ1n) is 9.24. The van der Waals surface area contributed by atoms with Crippen molar-refractivity contribution in [1.82, 2.24) is 20.1 Å². The Kier molecular flexibility index (Phi) is 4.63. The lowest BCUT2D eigenvalue weighted by Gasteiger charge is -2.37. The van der Waals surface area contributed by atoms with Gasteiger partial charge in [0.15, 0.2) is 0 Å². The van der Waals surface area contributed by atoms with Crippen LogP contribution in [0.5, 0.6) is 5.75 Å². The van der Waals surface area contributed by atoms with Crippen LogP contribution in [0.4, 0.5) is 0 Å². The van der Waals surface area contributed by atoms with Crippen molar-refractivity contribution >= 4 is 16.8 Å². The molecular weight excluding hydrogens is 316 g/mol. The number of aromatic nitrogens is 1. The summed E-state index contributed by atoms with van der Waals surface area (Å²) in [6, 6.07) is 8.49. The van der Waals surface area contributed by atoms with E-state index >= 15 is 0 Å². The normalized spacial score (nSPS) is 21.8. The molecule has 1 unspecified atom stereocenters. The van der Waals surface area contributed by atoms with Crippen LogP contribution in [-0.4, -0.2) is 72.6 Å². The number of hydrogen-bond acceptors (Lipinski definition) is 4. The van der Waals surface area contributed by atoms with Crippen molar-refractivity contribution in [2.75, 3.05) is 45.9 Å². The molecule has 25 heavy (non-hydrogen) atoms. The molecule has 2 aromatic rings. The van der Waals surface area contributed by atoms with Crippen LogP contribution in [0.15, 0.2) is 24.3 Å². The van der Waals surface area contributed by atoms with Crippen LogP contribution in [0.3, 0.4) is 0 Å². The van der Waals surface area contributed by atoms with E-state index in [1.807, 2.05) is 36.1 Å². The Hall–Kier alpha value is -2.05. The van der Waals surface area contributed by atoms with Crippen LogP contribution in [0.25, 0.3) is 10.9 Å². The molecular formula is C19H26N4O2. The monoisotopic (exact) mass is 342 g/mol. The number of amides is 1. The van der Waals surface area contributed by atoms with Crippen molar-refractivity contribution in [3.05, 3.63) is 30.0 Å². The Morgan fingerprint density at radius 2 is 2.08 bits per heavy atom. The molecule has 6 nitrogen and oxygen atoms in total. The molecule has 0 saturated carbocycles. The number of carbonyl (C=O) groups excluding carboxylic acids is 1. The van der Waals surface area contributed by atoms with Crippen molar-refractivity contribution in [2.24, 2.45) is 0 Å². The van der Waals surface area contributed by atoms with E-state index in [1.165, 1.54) is 6.42 Å². The summed E-state index contributed by atoms with van der Waals surface area (Å²) in [4.78, 5) is 20.6. The minimum Gasteiger partial charge on any atom is -0.494 e. The average molecular weight is 342 g/mol. The van der Waals surface area contributed by atoms with Gasteiger partial charge in [-0.15, -0.1) is 0 Å². The second-order valence-electron chi connectivity index (χ2n) is 6.84. The predicted octanol–water partition coefficient (Wildman–Crippen LogP) is 1.69. The first-order chi connectivity index (χ1) is 12.2. The summed E-state index contributed by atoms with van der Waals surface area (Å²) in [6.45, 7) is 8.33. The largest absolute Gasteiger partial charge is 0.494 e. The van der Waals surface area contributed by atoms with Crippen LogP contribution in [0.2, 0.25) is 0 Å². The Morgan fingerprint density at radius 3 is 2.80 bits per heavy atom. The van der Waals surface area contributed by atoms with Gasteiger partial charge in [0.1, 0.15) is 11.4 Å². The van der Waals surface area contributed by atoms with E-state index in [-0.39, 0.29) is 5.91 Å². The van der Waals surface area contributed by atoms with Gasteiger partial charge in [0.05, 0.1) is 6.61 Å². The molecule has 1 aromatic carbocycles. The summed E-state index contributed by atoms with van der Waals surface area (Å²) in [6.07, 6.45) is 1.22. The summed E-state index contributed by atoms with van der Waals surface area (Å²) in [5, 5.41) is 4.46. The minimum absolute atomic E-state index is 0.0957.